The molecule has 0 bridgehead atoms. The van der Waals surface area contributed by atoms with Gasteiger partial charge in [-0.05, 0) is 44.2 Å². The summed E-state index contributed by atoms with van der Waals surface area (Å²) in [5, 5.41) is 2.90. The monoisotopic (exact) mass is 302 g/mol. The van der Waals surface area contributed by atoms with E-state index in [0.29, 0.717) is 18.9 Å². The summed E-state index contributed by atoms with van der Waals surface area (Å²) >= 11 is 0. The van der Waals surface area contributed by atoms with Crippen LogP contribution < -0.4 is 5.32 Å². The van der Waals surface area contributed by atoms with Crippen molar-refractivity contribution in [3.8, 4) is 0 Å². The average molecular weight is 302 g/mol. The molecule has 1 fully saturated rings. The molecule has 0 radical (unpaired) electrons. The lowest BCUT2D eigenvalue weighted by atomic mass is 10.0. The van der Waals surface area contributed by atoms with Crippen molar-refractivity contribution in [1.29, 1.82) is 0 Å². The van der Waals surface area contributed by atoms with Crippen LogP contribution in [0.5, 0.6) is 0 Å². The Labute approximate surface area is 132 Å². The Morgan fingerprint density at radius 3 is 2.68 bits per heavy atom. The van der Waals surface area contributed by atoms with Crippen molar-refractivity contribution in [3.63, 3.8) is 0 Å². The molecule has 1 amide bonds. The van der Waals surface area contributed by atoms with Crippen LogP contribution in [-0.2, 0) is 16.0 Å². The van der Waals surface area contributed by atoms with Gasteiger partial charge in [0.05, 0.1) is 12.6 Å². The molecule has 1 N–H and O–H groups in total. The van der Waals surface area contributed by atoms with Crippen LogP contribution in [0.15, 0.2) is 30.3 Å². The molecule has 1 aromatic carbocycles. The molecule has 4 heteroatoms. The lowest BCUT2D eigenvalue weighted by molar-refractivity contribution is -0.127. The van der Waals surface area contributed by atoms with Gasteiger partial charge < -0.3 is 5.32 Å². The fourth-order valence-corrected chi connectivity index (χ4v) is 3.02. The van der Waals surface area contributed by atoms with E-state index < -0.39 is 6.04 Å². The Morgan fingerprint density at radius 1 is 1.32 bits per heavy atom. The van der Waals surface area contributed by atoms with Gasteiger partial charge in [0.2, 0.25) is 5.91 Å². The summed E-state index contributed by atoms with van der Waals surface area (Å²) in [6, 6.07) is 9.37. The second-order valence-electron chi connectivity index (χ2n) is 6.40. The van der Waals surface area contributed by atoms with Crippen molar-refractivity contribution < 1.29 is 9.59 Å². The zero-order chi connectivity index (χ0) is 15.9. The van der Waals surface area contributed by atoms with Crippen LogP contribution in [0, 0.1) is 5.92 Å². The smallest absolute Gasteiger partial charge is 0.234 e. The lowest BCUT2D eigenvalue weighted by Crippen LogP contribution is -2.47. The normalized spacial score (nSPS) is 20.4. The van der Waals surface area contributed by atoms with Crippen molar-refractivity contribution in [1.82, 2.24) is 10.2 Å². The van der Waals surface area contributed by atoms with Crippen molar-refractivity contribution >= 4 is 11.7 Å². The molecule has 1 saturated heterocycles. The SMILES string of the molecule is CC(=O)[C@H](Cc1ccccc1)NC(=O)CN1CCC[C@@H](C)C1. The fraction of sp³-hybridized carbons (Fsp3) is 0.556. The van der Waals surface area contributed by atoms with Crippen molar-refractivity contribution in [2.45, 2.75) is 39.2 Å². The quantitative estimate of drug-likeness (QED) is 0.875. The Bertz CT molecular complexity index is 501. The summed E-state index contributed by atoms with van der Waals surface area (Å²) in [5.41, 5.74) is 1.06. The molecule has 120 valence electrons. The Morgan fingerprint density at radius 2 is 2.05 bits per heavy atom. The van der Waals surface area contributed by atoms with Gasteiger partial charge >= 0.3 is 0 Å². The molecule has 0 aliphatic carbocycles. The third kappa shape index (κ3) is 5.26. The number of nitrogens with zero attached hydrogens (tertiary/aromatic N) is 1. The maximum absolute atomic E-state index is 12.2. The van der Waals surface area contributed by atoms with Crippen molar-refractivity contribution in [2.75, 3.05) is 19.6 Å². The molecule has 22 heavy (non-hydrogen) atoms. The molecule has 2 rings (SSSR count). The molecule has 1 aliphatic heterocycles. The van der Waals surface area contributed by atoms with Gasteiger partial charge in [0.1, 0.15) is 0 Å². The van der Waals surface area contributed by atoms with E-state index in [4.69, 9.17) is 0 Å². The van der Waals surface area contributed by atoms with Crippen molar-refractivity contribution in [3.05, 3.63) is 35.9 Å². The molecule has 0 unspecified atom stereocenters. The largest absolute Gasteiger partial charge is 0.345 e. The summed E-state index contributed by atoms with van der Waals surface area (Å²) in [6.07, 6.45) is 2.94. The van der Waals surface area contributed by atoms with E-state index in [0.717, 1.165) is 25.1 Å². The van der Waals surface area contributed by atoms with Gasteiger partial charge in [-0.3, -0.25) is 14.5 Å². The Hall–Kier alpha value is -1.68. The first-order valence-electron chi connectivity index (χ1n) is 8.10. The number of piperidine rings is 1. The second-order valence-corrected chi connectivity index (χ2v) is 6.40. The Balaban J connectivity index is 1.87. The van der Waals surface area contributed by atoms with Gasteiger partial charge in [-0.2, -0.15) is 0 Å². The highest BCUT2D eigenvalue weighted by Gasteiger charge is 2.22. The third-order valence-corrected chi connectivity index (χ3v) is 4.22. The minimum atomic E-state index is -0.433. The van der Waals surface area contributed by atoms with E-state index >= 15 is 0 Å². The number of Topliss-reactive ketones (excluding diaryl/α,β-unsaturated/α-hetero) is 1. The number of ketones is 1. The van der Waals surface area contributed by atoms with E-state index in [1.807, 2.05) is 30.3 Å². The molecule has 0 saturated carbocycles. The number of nitrogens with one attached hydrogen (secondary N) is 1. The third-order valence-electron chi connectivity index (χ3n) is 4.22. The van der Waals surface area contributed by atoms with Gasteiger partial charge in [0.15, 0.2) is 5.78 Å². The summed E-state index contributed by atoms with van der Waals surface area (Å²) in [6.45, 7) is 6.09. The molecule has 2 atom stereocenters. The zero-order valence-corrected chi connectivity index (χ0v) is 13.5. The van der Waals surface area contributed by atoms with Crippen molar-refractivity contribution in [2.24, 2.45) is 5.92 Å². The molecular formula is C18H26N2O2. The predicted molar refractivity (Wildman–Crippen MR) is 87.6 cm³/mol. The highest BCUT2D eigenvalue weighted by molar-refractivity contribution is 5.88. The standard InChI is InChI=1S/C18H26N2O2/c1-14-7-6-10-20(12-14)13-18(22)19-17(15(2)21)11-16-8-4-3-5-9-16/h3-5,8-9,14,17H,6-7,10-13H2,1-2H3,(H,19,22)/t14-,17+/m1/s1. The number of rotatable bonds is 6. The van der Waals surface area contributed by atoms with E-state index in [9.17, 15) is 9.59 Å². The maximum atomic E-state index is 12.2. The number of carbonyl (C=O) groups is 2. The first-order valence-corrected chi connectivity index (χ1v) is 8.10. The van der Waals surface area contributed by atoms with E-state index in [-0.39, 0.29) is 11.7 Å². The minimum Gasteiger partial charge on any atom is -0.345 e. The molecule has 0 aromatic heterocycles. The van der Waals surface area contributed by atoms with Crippen LogP contribution in [0.3, 0.4) is 0 Å². The van der Waals surface area contributed by atoms with Gasteiger partial charge in [-0.25, -0.2) is 0 Å². The zero-order valence-electron chi connectivity index (χ0n) is 13.5. The predicted octanol–water partition coefficient (Wildman–Crippen LogP) is 2.03. The van der Waals surface area contributed by atoms with Crippen LogP contribution in [0.4, 0.5) is 0 Å². The maximum Gasteiger partial charge on any atom is 0.234 e. The van der Waals surface area contributed by atoms with Gasteiger partial charge in [0.25, 0.3) is 0 Å². The van der Waals surface area contributed by atoms with E-state index in [1.165, 1.54) is 13.3 Å². The summed E-state index contributed by atoms with van der Waals surface area (Å²) in [7, 11) is 0. The average Bonchev–Trinajstić information content (AvgIpc) is 2.47. The summed E-state index contributed by atoms with van der Waals surface area (Å²) < 4.78 is 0. The topological polar surface area (TPSA) is 49.4 Å². The highest BCUT2D eigenvalue weighted by Crippen LogP contribution is 2.14. The lowest BCUT2D eigenvalue weighted by Gasteiger charge is -2.30. The molecular weight excluding hydrogens is 276 g/mol. The molecule has 1 aromatic rings. The minimum absolute atomic E-state index is 0.00390. The summed E-state index contributed by atoms with van der Waals surface area (Å²) in [4.78, 5) is 26.2. The Kier molecular flexibility index (Phi) is 6.13. The van der Waals surface area contributed by atoms with Crippen LogP contribution >= 0.6 is 0 Å². The van der Waals surface area contributed by atoms with Crippen LogP contribution in [0.2, 0.25) is 0 Å². The van der Waals surface area contributed by atoms with Crippen LogP contribution in [0.25, 0.3) is 0 Å². The number of likely N-dealkylation sites (tertiary alicyclic amines) is 1. The van der Waals surface area contributed by atoms with Crippen LogP contribution in [0.1, 0.15) is 32.3 Å². The molecule has 1 aliphatic rings. The van der Waals surface area contributed by atoms with Crippen LogP contribution in [-0.4, -0.2) is 42.3 Å². The number of hydrogen-bond donors (Lipinski definition) is 1. The molecule has 1 heterocycles. The number of amides is 1. The van der Waals surface area contributed by atoms with Gasteiger partial charge in [0, 0.05) is 6.54 Å². The van der Waals surface area contributed by atoms with Gasteiger partial charge in [-0.15, -0.1) is 0 Å². The second kappa shape index (κ2) is 8.08. The number of carbonyl (C=O) groups excluding carboxylic acids is 2. The molecule has 4 nitrogen and oxygen atoms in total. The highest BCUT2D eigenvalue weighted by atomic mass is 16.2. The van der Waals surface area contributed by atoms with E-state index in [2.05, 4.69) is 17.1 Å². The summed E-state index contributed by atoms with van der Waals surface area (Å²) in [5.74, 6) is 0.601. The van der Waals surface area contributed by atoms with Gasteiger partial charge in [-0.1, -0.05) is 37.3 Å². The first kappa shape index (κ1) is 16.7. The number of hydrogen-bond acceptors (Lipinski definition) is 3. The first-order chi connectivity index (χ1) is 10.5. The van der Waals surface area contributed by atoms with E-state index in [1.54, 1.807) is 0 Å². The fourth-order valence-electron chi connectivity index (χ4n) is 3.02. The number of benzene rings is 1. The molecule has 0 spiro atoms.